The van der Waals surface area contributed by atoms with Crippen LogP contribution in [0.15, 0.2) is 24.3 Å². The molecule has 0 radical (unpaired) electrons. The number of benzene rings is 1. The highest BCUT2D eigenvalue weighted by Crippen LogP contribution is 2.11. The molecule has 0 spiro atoms. The van der Waals surface area contributed by atoms with Gasteiger partial charge < -0.3 is 9.84 Å². The van der Waals surface area contributed by atoms with Crippen LogP contribution in [-0.2, 0) is 4.79 Å². The summed E-state index contributed by atoms with van der Waals surface area (Å²) in [5.41, 5.74) is 0.562. The molecule has 0 heterocycles. The molecule has 0 aromatic heterocycles. The molecular weight excluding hydrogens is 244 g/mol. The summed E-state index contributed by atoms with van der Waals surface area (Å²) in [6, 6.07) is 8.72. The predicted octanol–water partition coefficient (Wildman–Crippen LogP) is 0.957. The number of nitrogens with zero attached hydrogens (tertiary/aromatic N) is 2. The van der Waals surface area contributed by atoms with E-state index in [0.29, 0.717) is 24.5 Å². The van der Waals surface area contributed by atoms with Gasteiger partial charge in [-0.3, -0.25) is 9.69 Å². The van der Waals surface area contributed by atoms with E-state index in [2.05, 4.69) is 5.92 Å². The van der Waals surface area contributed by atoms with E-state index in [9.17, 15) is 4.79 Å². The minimum Gasteiger partial charge on any atom is -0.492 e. The Hall–Kier alpha value is -2.50. The molecule has 5 nitrogen and oxygen atoms in total. The highest BCUT2D eigenvalue weighted by atomic mass is 16.5. The molecule has 0 bridgehead atoms. The van der Waals surface area contributed by atoms with Gasteiger partial charge in [-0.05, 0) is 24.3 Å². The van der Waals surface area contributed by atoms with E-state index in [1.165, 1.54) is 0 Å². The lowest BCUT2D eigenvalue weighted by molar-refractivity contribution is -0.138. The first kappa shape index (κ1) is 14.6. The Labute approximate surface area is 112 Å². The average molecular weight is 258 g/mol. The fourth-order valence-electron chi connectivity index (χ4n) is 1.45. The van der Waals surface area contributed by atoms with Crippen LogP contribution in [0.2, 0.25) is 0 Å². The van der Waals surface area contributed by atoms with Gasteiger partial charge in [0.15, 0.2) is 0 Å². The van der Waals surface area contributed by atoms with Crippen LogP contribution in [0.3, 0.4) is 0 Å². The molecule has 0 atom stereocenters. The summed E-state index contributed by atoms with van der Waals surface area (Å²) in [6.45, 7) is 0.918. The molecule has 1 N–H and O–H groups in total. The molecule has 0 aliphatic heterocycles. The largest absolute Gasteiger partial charge is 0.492 e. The summed E-state index contributed by atoms with van der Waals surface area (Å²) in [7, 11) is 0. The molecular formula is C14H14N2O3. The third kappa shape index (κ3) is 5.58. The van der Waals surface area contributed by atoms with Crippen molar-refractivity contribution < 1.29 is 14.6 Å². The van der Waals surface area contributed by atoms with Crippen LogP contribution >= 0.6 is 0 Å². The van der Waals surface area contributed by atoms with E-state index < -0.39 is 5.97 Å². The fourth-order valence-corrected chi connectivity index (χ4v) is 1.45. The first-order chi connectivity index (χ1) is 9.15. The van der Waals surface area contributed by atoms with Crippen molar-refractivity contribution in [2.24, 2.45) is 0 Å². The number of carboxylic acid groups (broad SMARTS) is 1. The highest BCUT2D eigenvalue weighted by molar-refractivity contribution is 5.69. The van der Waals surface area contributed by atoms with Gasteiger partial charge in [-0.25, -0.2) is 0 Å². The summed E-state index contributed by atoms with van der Waals surface area (Å²) in [4.78, 5) is 12.2. The molecule has 0 unspecified atom stereocenters. The third-order valence-electron chi connectivity index (χ3n) is 2.33. The van der Waals surface area contributed by atoms with E-state index in [1.807, 2.05) is 6.07 Å². The van der Waals surface area contributed by atoms with Gasteiger partial charge in [0.05, 0.1) is 24.7 Å². The monoisotopic (exact) mass is 258 g/mol. The average Bonchev–Trinajstić information content (AvgIpc) is 2.39. The molecule has 1 aromatic rings. The topological polar surface area (TPSA) is 73.6 Å². The summed E-state index contributed by atoms with van der Waals surface area (Å²) in [6.07, 6.45) is 5.16. The van der Waals surface area contributed by atoms with E-state index in [1.54, 1.807) is 29.2 Å². The van der Waals surface area contributed by atoms with Gasteiger partial charge in [0.2, 0.25) is 0 Å². The molecule has 5 heteroatoms. The van der Waals surface area contributed by atoms with Crippen LogP contribution in [0, 0.1) is 23.7 Å². The van der Waals surface area contributed by atoms with Crippen molar-refractivity contribution in [2.45, 2.75) is 0 Å². The lowest BCUT2D eigenvalue weighted by Crippen LogP contribution is -2.33. The minimum atomic E-state index is -0.923. The van der Waals surface area contributed by atoms with Gasteiger partial charge in [-0.15, -0.1) is 6.42 Å². The van der Waals surface area contributed by atoms with Gasteiger partial charge in [-0.2, -0.15) is 5.26 Å². The summed E-state index contributed by atoms with van der Waals surface area (Å²) in [5.74, 6) is 2.12. The lowest BCUT2D eigenvalue weighted by Gasteiger charge is -2.17. The van der Waals surface area contributed by atoms with Crippen molar-refractivity contribution in [2.75, 3.05) is 26.2 Å². The quantitative estimate of drug-likeness (QED) is 0.737. The molecule has 1 aromatic carbocycles. The maximum absolute atomic E-state index is 10.6. The summed E-state index contributed by atoms with van der Waals surface area (Å²) in [5, 5.41) is 17.4. The molecule has 0 amide bonds. The van der Waals surface area contributed by atoms with Crippen molar-refractivity contribution in [1.82, 2.24) is 4.90 Å². The Morgan fingerprint density at radius 3 is 2.63 bits per heavy atom. The van der Waals surface area contributed by atoms with Gasteiger partial charge in [0, 0.05) is 6.54 Å². The maximum Gasteiger partial charge on any atom is 0.317 e. The maximum atomic E-state index is 10.6. The second kappa shape index (κ2) is 7.75. The van der Waals surface area contributed by atoms with Crippen LogP contribution in [-0.4, -0.2) is 42.2 Å². The number of nitriles is 1. The normalized spacial score (nSPS) is 9.63. The summed E-state index contributed by atoms with van der Waals surface area (Å²) >= 11 is 0. The zero-order chi connectivity index (χ0) is 14.1. The molecule has 98 valence electrons. The Bertz CT molecular complexity index is 497. The van der Waals surface area contributed by atoms with Crippen molar-refractivity contribution >= 4 is 5.97 Å². The van der Waals surface area contributed by atoms with Crippen LogP contribution < -0.4 is 4.74 Å². The Kier molecular flexibility index (Phi) is 5.94. The van der Waals surface area contributed by atoms with E-state index in [4.69, 9.17) is 21.5 Å². The van der Waals surface area contributed by atoms with Crippen LogP contribution in [0.1, 0.15) is 5.56 Å². The Morgan fingerprint density at radius 1 is 1.42 bits per heavy atom. The van der Waals surface area contributed by atoms with E-state index in [-0.39, 0.29) is 13.1 Å². The molecule has 0 aliphatic carbocycles. The van der Waals surface area contributed by atoms with Crippen molar-refractivity contribution in [3.05, 3.63) is 29.8 Å². The number of hydrogen-bond acceptors (Lipinski definition) is 4. The third-order valence-corrected chi connectivity index (χ3v) is 2.33. The molecule has 0 fully saturated rings. The lowest BCUT2D eigenvalue weighted by atomic mass is 10.2. The number of hydrogen-bond donors (Lipinski definition) is 1. The molecule has 1 rings (SSSR count). The Balaban J connectivity index is 2.40. The van der Waals surface area contributed by atoms with Crippen LogP contribution in [0.5, 0.6) is 5.75 Å². The first-order valence-corrected chi connectivity index (χ1v) is 5.66. The summed E-state index contributed by atoms with van der Waals surface area (Å²) < 4.78 is 5.45. The second-order valence-corrected chi connectivity index (χ2v) is 3.79. The van der Waals surface area contributed by atoms with Gasteiger partial charge in [0.1, 0.15) is 12.4 Å². The number of terminal acetylenes is 1. The van der Waals surface area contributed by atoms with E-state index in [0.717, 1.165) is 0 Å². The predicted molar refractivity (Wildman–Crippen MR) is 69.6 cm³/mol. The van der Waals surface area contributed by atoms with Crippen LogP contribution in [0.4, 0.5) is 0 Å². The highest BCUT2D eigenvalue weighted by Gasteiger charge is 2.08. The fraction of sp³-hybridized carbons (Fsp3) is 0.286. The molecule has 19 heavy (non-hydrogen) atoms. The zero-order valence-corrected chi connectivity index (χ0v) is 10.4. The molecule has 0 saturated heterocycles. The number of carbonyl (C=O) groups is 1. The van der Waals surface area contributed by atoms with Crippen LogP contribution in [0.25, 0.3) is 0 Å². The number of ether oxygens (including phenoxy) is 1. The Morgan fingerprint density at radius 2 is 2.11 bits per heavy atom. The number of rotatable bonds is 7. The SMILES string of the molecule is C#CCN(CCOc1ccc(C#N)cc1)CC(=O)O. The van der Waals surface area contributed by atoms with Crippen molar-refractivity contribution in [3.8, 4) is 24.2 Å². The van der Waals surface area contributed by atoms with Gasteiger partial charge in [-0.1, -0.05) is 5.92 Å². The zero-order valence-electron chi connectivity index (χ0n) is 10.4. The van der Waals surface area contributed by atoms with Gasteiger partial charge in [0.25, 0.3) is 0 Å². The molecule has 0 aliphatic rings. The van der Waals surface area contributed by atoms with Gasteiger partial charge >= 0.3 is 5.97 Å². The number of aliphatic carboxylic acids is 1. The molecule has 0 saturated carbocycles. The standard InChI is InChI=1S/C14H14N2O3/c1-2-7-16(11-14(17)18)8-9-19-13-5-3-12(10-15)4-6-13/h1,3-6H,7-9,11H2,(H,17,18). The minimum absolute atomic E-state index is 0.110. The van der Waals surface area contributed by atoms with E-state index >= 15 is 0 Å². The van der Waals surface area contributed by atoms with Crippen molar-refractivity contribution in [1.29, 1.82) is 5.26 Å². The number of carboxylic acids is 1. The first-order valence-electron chi connectivity index (χ1n) is 5.66. The smallest absolute Gasteiger partial charge is 0.317 e. The van der Waals surface area contributed by atoms with Crippen molar-refractivity contribution in [3.63, 3.8) is 0 Å². The second-order valence-electron chi connectivity index (χ2n) is 3.79.